The van der Waals surface area contributed by atoms with E-state index in [4.69, 9.17) is 0 Å². The van der Waals surface area contributed by atoms with Crippen molar-refractivity contribution in [1.29, 1.82) is 0 Å². The predicted molar refractivity (Wildman–Crippen MR) is 168 cm³/mol. The number of likely N-dealkylation sites (tertiary alicyclic amines) is 1. The van der Waals surface area contributed by atoms with Crippen LogP contribution in [0.2, 0.25) is 0 Å². The van der Waals surface area contributed by atoms with Crippen LogP contribution < -0.4 is 0 Å². The van der Waals surface area contributed by atoms with E-state index in [2.05, 4.69) is 20.1 Å². The normalized spacial score (nSPS) is 31.1. The quantitative estimate of drug-likeness (QED) is 0.351. The molecule has 1 aliphatic carbocycles. The monoisotopic (exact) mass is 593 g/mol. The summed E-state index contributed by atoms with van der Waals surface area (Å²) < 4.78 is -0.735. The number of aliphatic hydroxyl groups is 1. The number of amides is 3. The van der Waals surface area contributed by atoms with Crippen molar-refractivity contribution < 1.29 is 19.5 Å². The maximum atomic E-state index is 15.0. The molecule has 0 radical (unpaired) electrons. The Bertz CT molecular complexity index is 1170. The molecule has 7 nitrogen and oxygen atoms in total. The van der Waals surface area contributed by atoms with Gasteiger partial charge in [-0.2, -0.15) is 0 Å². The van der Waals surface area contributed by atoms with E-state index in [1.807, 2.05) is 47.1 Å². The van der Waals surface area contributed by atoms with Crippen molar-refractivity contribution in [1.82, 2.24) is 14.7 Å². The van der Waals surface area contributed by atoms with Crippen molar-refractivity contribution in [2.24, 2.45) is 17.8 Å². The van der Waals surface area contributed by atoms with E-state index in [0.29, 0.717) is 19.6 Å². The summed E-state index contributed by atoms with van der Waals surface area (Å²) in [6.45, 7) is 13.2. The maximum absolute atomic E-state index is 15.0. The molecule has 2 bridgehead atoms. The average Bonchev–Trinajstić information content (AvgIpc) is 3.60. The van der Waals surface area contributed by atoms with E-state index in [-0.39, 0.29) is 41.5 Å². The third-order valence-corrected chi connectivity index (χ3v) is 12.3. The van der Waals surface area contributed by atoms with Crippen LogP contribution in [0.3, 0.4) is 0 Å². The molecule has 7 atom stereocenters. The summed E-state index contributed by atoms with van der Waals surface area (Å²) in [6, 6.07) is 8.18. The lowest BCUT2D eigenvalue weighted by molar-refractivity contribution is -0.148. The van der Waals surface area contributed by atoms with Gasteiger partial charge in [-0.1, -0.05) is 75.6 Å². The maximum Gasteiger partial charge on any atom is 0.247 e. The largest absolute Gasteiger partial charge is 0.394 e. The summed E-state index contributed by atoms with van der Waals surface area (Å²) in [4.78, 5) is 49.6. The smallest absolute Gasteiger partial charge is 0.247 e. The van der Waals surface area contributed by atoms with Crippen LogP contribution in [0.1, 0.15) is 70.4 Å². The number of aliphatic hydroxyl groups excluding tert-OH is 1. The Kier molecular flexibility index (Phi) is 9.53. The van der Waals surface area contributed by atoms with Crippen LogP contribution in [0.15, 0.2) is 55.6 Å². The first-order valence-corrected chi connectivity index (χ1v) is 16.7. The van der Waals surface area contributed by atoms with Gasteiger partial charge in [-0.3, -0.25) is 14.4 Å². The van der Waals surface area contributed by atoms with Crippen LogP contribution in [0.25, 0.3) is 0 Å². The first-order chi connectivity index (χ1) is 20.3. The Labute approximate surface area is 255 Å². The number of carbonyl (C=O) groups excluding carboxylic acids is 3. The zero-order valence-corrected chi connectivity index (χ0v) is 26.0. The van der Waals surface area contributed by atoms with Gasteiger partial charge in [0.2, 0.25) is 17.7 Å². The number of fused-ring (bicyclic) bond motifs is 1. The molecule has 8 heteroatoms. The van der Waals surface area contributed by atoms with Gasteiger partial charge in [-0.05, 0) is 37.2 Å². The Hall–Kier alpha value is -2.58. The first-order valence-electron chi connectivity index (χ1n) is 15.8. The lowest BCUT2D eigenvalue weighted by Crippen LogP contribution is -2.59. The minimum atomic E-state index is -0.768. The van der Waals surface area contributed by atoms with Crippen molar-refractivity contribution in [3.63, 3.8) is 0 Å². The molecule has 3 unspecified atom stereocenters. The van der Waals surface area contributed by atoms with E-state index in [1.54, 1.807) is 28.8 Å². The van der Waals surface area contributed by atoms with E-state index < -0.39 is 28.7 Å². The van der Waals surface area contributed by atoms with Gasteiger partial charge in [-0.15, -0.1) is 24.9 Å². The zero-order valence-electron chi connectivity index (χ0n) is 25.2. The molecule has 5 rings (SSSR count). The minimum Gasteiger partial charge on any atom is -0.394 e. The van der Waals surface area contributed by atoms with Gasteiger partial charge in [0.1, 0.15) is 6.04 Å². The summed E-state index contributed by atoms with van der Waals surface area (Å²) in [5, 5.41) is 10.8. The standard InChI is InChI=1S/C34H47N3O4S/c1-5-18-35(19-6-2)31(39)28-27-21-23(4)34(42-27)29(28)32(40)37(26(22-38)24-14-10-8-11-15-24)30(34)33(41)36(20-7-3)25-16-12-9-13-17-25/h5,7-8,10-11,14-15,23,25-30,38H,1,3,6,9,12-13,16-22H2,2,4H3/t23?,26-,27+,28-,29+,30?,34?/m1/s1. The first kappa shape index (κ1) is 30.9. The van der Waals surface area contributed by atoms with Crippen molar-refractivity contribution in [2.45, 2.75) is 86.9 Å². The summed E-state index contributed by atoms with van der Waals surface area (Å²) in [6.07, 6.45) is 10.4. The van der Waals surface area contributed by atoms with Crippen LogP contribution in [0, 0.1) is 17.8 Å². The third kappa shape index (κ3) is 5.02. The Morgan fingerprint density at radius 3 is 2.43 bits per heavy atom. The molecule has 1 aromatic rings. The van der Waals surface area contributed by atoms with Crippen LogP contribution in [-0.2, 0) is 14.4 Å². The van der Waals surface area contributed by atoms with Gasteiger partial charge in [0.15, 0.2) is 0 Å². The Morgan fingerprint density at radius 2 is 1.81 bits per heavy atom. The number of benzene rings is 1. The number of thioether (sulfide) groups is 1. The molecule has 3 heterocycles. The van der Waals surface area contributed by atoms with Gasteiger partial charge in [0.25, 0.3) is 0 Å². The van der Waals surface area contributed by atoms with E-state index in [0.717, 1.165) is 44.1 Å². The van der Waals surface area contributed by atoms with Gasteiger partial charge in [0.05, 0.1) is 29.2 Å². The molecule has 0 aromatic heterocycles. The molecule has 1 spiro atoms. The molecule has 1 saturated carbocycles. The second kappa shape index (κ2) is 13.0. The molecule has 3 aliphatic heterocycles. The fraction of sp³-hybridized carbons (Fsp3) is 0.618. The van der Waals surface area contributed by atoms with Crippen LogP contribution in [0.4, 0.5) is 0 Å². The van der Waals surface area contributed by atoms with Crippen LogP contribution in [-0.4, -0.2) is 85.8 Å². The molecule has 4 aliphatic rings. The highest BCUT2D eigenvalue weighted by Crippen LogP contribution is 2.69. The highest BCUT2D eigenvalue weighted by atomic mass is 32.2. The topological polar surface area (TPSA) is 81.2 Å². The summed E-state index contributed by atoms with van der Waals surface area (Å²) in [5.74, 6) is -1.29. The van der Waals surface area contributed by atoms with Crippen LogP contribution in [0.5, 0.6) is 0 Å². The third-order valence-electron chi connectivity index (χ3n) is 10.2. The lowest BCUT2D eigenvalue weighted by atomic mass is 9.65. The summed E-state index contributed by atoms with van der Waals surface area (Å²) in [7, 11) is 0. The molecule has 4 fully saturated rings. The fourth-order valence-electron chi connectivity index (χ4n) is 8.42. The van der Waals surface area contributed by atoms with E-state index >= 15 is 4.79 Å². The van der Waals surface area contributed by atoms with Gasteiger partial charge >= 0.3 is 0 Å². The SMILES string of the molecule is C=CCN(CCC)C(=O)[C@@H]1[C@@H]2CC(C)C3(S2)C(C(=O)N(CC=C)C2CCCCC2)N([C@H](CO)c2ccccc2)C(=O)[C@H]13. The number of rotatable bonds is 12. The lowest BCUT2D eigenvalue weighted by Gasteiger charge is -2.44. The predicted octanol–water partition coefficient (Wildman–Crippen LogP) is 4.83. The van der Waals surface area contributed by atoms with Crippen molar-refractivity contribution >= 4 is 29.5 Å². The van der Waals surface area contributed by atoms with E-state index in [9.17, 15) is 14.7 Å². The molecule has 228 valence electrons. The van der Waals surface area contributed by atoms with Gasteiger partial charge in [-0.25, -0.2) is 0 Å². The van der Waals surface area contributed by atoms with Crippen molar-refractivity contribution in [3.8, 4) is 0 Å². The molecule has 1 N–H and O–H groups in total. The van der Waals surface area contributed by atoms with Gasteiger partial charge in [0, 0.05) is 30.9 Å². The van der Waals surface area contributed by atoms with Crippen molar-refractivity contribution in [3.05, 3.63) is 61.2 Å². The molecular weight excluding hydrogens is 546 g/mol. The number of hydrogen-bond donors (Lipinski definition) is 1. The fourth-order valence-corrected chi connectivity index (χ4v) is 10.8. The number of hydrogen-bond acceptors (Lipinski definition) is 5. The second-order valence-electron chi connectivity index (χ2n) is 12.6. The number of carbonyl (C=O) groups is 3. The zero-order chi connectivity index (χ0) is 30.0. The van der Waals surface area contributed by atoms with Crippen molar-refractivity contribution in [2.75, 3.05) is 26.2 Å². The Balaban J connectivity index is 1.63. The molecule has 42 heavy (non-hydrogen) atoms. The highest BCUT2D eigenvalue weighted by Gasteiger charge is 2.77. The summed E-state index contributed by atoms with van der Waals surface area (Å²) >= 11 is 1.71. The van der Waals surface area contributed by atoms with Gasteiger partial charge < -0.3 is 19.8 Å². The van der Waals surface area contributed by atoms with Crippen LogP contribution >= 0.6 is 11.8 Å². The minimum absolute atomic E-state index is 0.00934. The highest BCUT2D eigenvalue weighted by molar-refractivity contribution is 8.02. The molecule has 1 aromatic carbocycles. The molecule has 3 saturated heterocycles. The average molecular weight is 594 g/mol. The molecule has 3 amide bonds. The second-order valence-corrected chi connectivity index (χ2v) is 14.1. The Morgan fingerprint density at radius 1 is 1.12 bits per heavy atom. The van der Waals surface area contributed by atoms with E-state index in [1.165, 1.54) is 6.42 Å². The number of nitrogens with zero attached hydrogens (tertiary/aromatic N) is 3. The molecular formula is C34H47N3O4S. The summed E-state index contributed by atoms with van der Waals surface area (Å²) in [5.41, 5.74) is 0.796.